The Labute approximate surface area is 207 Å². The van der Waals surface area contributed by atoms with E-state index in [-0.39, 0.29) is 16.7 Å². The predicted octanol–water partition coefficient (Wildman–Crippen LogP) is 6.19. The van der Waals surface area contributed by atoms with E-state index < -0.39 is 11.7 Å². The van der Waals surface area contributed by atoms with Gasteiger partial charge in [-0.1, -0.05) is 0 Å². The molecule has 3 heterocycles. The molecule has 4 rings (SSSR count). The lowest BCUT2D eigenvalue weighted by Crippen LogP contribution is -2.16. The zero-order valence-corrected chi connectivity index (χ0v) is 20.0. The average Bonchev–Trinajstić information content (AvgIpc) is 2.87. The summed E-state index contributed by atoms with van der Waals surface area (Å²) in [5, 5.41) is 0.539. The van der Waals surface area contributed by atoms with Crippen molar-refractivity contribution in [2.24, 2.45) is 5.92 Å². The number of aromatic nitrogens is 1. The third-order valence-corrected chi connectivity index (χ3v) is 6.33. The van der Waals surface area contributed by atoms with Crippen molar-refractivity contribution in [3.8, 4) is 11.5 Å². The molecule has 2 aromatic heterocycles. The maximum atomic E-state index is 12.9. The van der Waals surface area contributed by atoms with E-state index in [1.54, 1.807) is 6.07 Å². The lowest BCUT2D eigenvalue weighted by atomic mass is 9.94. The minimum atomic E-state index is -4.41. The minimum absolute atomic E-state index is 0.176. The molecule has 0 radical (unpaired) electrons. The number of halogens is 3. The second-order valence-electron chi connectivity index (χ2n) is 8.97. The summed E-state index contributed by atoms with van der Waals surface area (Å²) in [4.78, 5) is 16.3. The number of fused-ring (bicyclic) bond motifs is 1. The number of benzene rings is 1. The van der Waals surface area contributed by atoms with Gasteiger partial charge in [0, 0.05) is 37.3 Å². The number of rotatable bonds is 11. The first-order valence-corrected chi connectivity index (χ1v) is 12.3. The molecule has 0 amide bonds. The van der Waals surface area contributed by atoms with Gasteiger partial charge in [-0.25, -0.2) is 0 Å². The van der Waals surface area contributed by atoms with E-state index in [4.69, 9.17) is 18.6 Å². The van der Waals surface area contributed by atoms with Crippen LogP contribution >= 0.6 is 0 Å². The molecule has 0 atom stereocenters. The lowest BCUT2D eigenvalue weighted by molar-refractivity contribution is -0.137. The number of nitrogens with zero attached hydrogens (tertiary/aromatic N) is 1. The molecule has 6 nitrogen and oxygen atoms in total. The van der Waals surface area contributed by atoms with Crippen LogP contribution < -0.4 is 14.9 Å². The first-order chi connectivity index (χ1) is 17.4. The van der Waals surface area contributed by atoms with Crippen molar-refractivity contribution >= 4 is 10.9 Å². The van der Waals surface area contributed by atoms with Gasteiger partial charge in [0.15, 0.2) is 0 Å². The fourth-order valence-corrected chi connectivity index (χ4v) is 4.23. The lowest BCUT2D eigenvalue weighted by Gasteiger charge is -2.21. The SMILES string of the molecule is O=c1cc(CCC2CCOCC2)occ1OCCCCCOc1ccnc2cc(C(F)(F)F)ccc12. The number of hydrogen-bond donors (Lipinski definition) is 0. The van der Waals surface area contributed by atoms with Crippen LogP contribution in [0, 0.1) is 5.92 Å². The van der Waals surface area contributed by atoms with Crippen LogP contribution in [0.25, 0.3) is 10.9 Å². The molecule has 1 saturated heterocycles. The van der Waals surface area contributed by atoms with Crippen molar-refractivity contribution < 1.29 is 31.8 Å². The largest absolute Gasteiger partial charge is 0.493 e. The first kappa shape index (κ1) is 26.0. The molecule has 0 aliphatic carbocycles. The fourth-order valence-electron chi connectivity index (χ4n) is 4.23. The van der Waals surface area contributed by atoms with Gasteiger partial charge in [0.25, 0.3) is 0 Å². The molecule has 1 aromatic carbocycles. The molecule has 36 heavy (non-hydrogen) atoms. The fraction of sp³-hybridized carbons (Fsp3) is 0.481. The van der Waals surface area contributed by atoms with E-state index >= 15 is 0 Å². The topological polar surface area (TPSA) is 70.8 Å². The Kier molecular flexibility index (Phi) is 8.85. The standard InChI is InChI=1S/C27H30F3NO5/c28-27(29,30)20-5-7-22-23(16-20)31-11-8-25(22)34-12-2-1-3-13-35-26-18-36-21(17-24(26)32)6-4-19-9-14-33-15-10-19/h5,7-8,11,16-19H,1-4,6,9-10,12-15H2. The van der Waals surface area contributed by atoms with E-state index in [1.807, 2.05) is 0 Å². The zero-order chi connectivity index (χ0) is 25.4. The molecular weight excluding hydrogens is 475 g/mol. The number of hydrogen-bond acceptors (Lipinski definition) is 6. The summed E-state index contributed by atoms with van der Waals surface area (Å²) in [5.41, 5.74) is -0.674. The Bertz CT molecular complexity index is 1190. The molecule has 0 spiro atoms. The van der Waals surface area contributed by atoms with Gasteiger partial charge in [-0.05, 0) is 68.7 Å². The van der Waals surface area contributed by atoms with Gasteiger partial charge in [0.2, 0.25) is 11.2 Å². The molecule has 3 aromatic rings. The molecule has 9 heteroatoms. The molecule has 0 saturated carbocycles. The molecule has 0 N–H and O–H groups in total. The van der Waals surface area contributed by atoms with E-state index in [0.29, 0.717) is 36.0 Å². The molecule has 0 bridgehead atoms. The third kappa shape index (κ3) is 7.22. The molecule has 0 unspecified atom stereocenters. The summed E-state index contributed by atoms with van der Waals surface area (Å²) in [6.07, 6.45) is 4.49. The number of ether oxygens (including phenoxy) is 3. The molecule has 1 fully saturated rings. The molecular formula is C27H30F3NO5. The number of aryl methyl sites for hydroxylation is 1. The number of unbranched alkanes of at least 4 members (excludes halogenated alkanes) is 2. The van der Waals surface area contributed by atoms with E-state index in [1.165, 1.54) is 24.6 Å². The van der Waals surface area contributed by atoms with Gasteiger partial charge in [-0.15, -0.1) is 0 Å². The van der Waals surface area contributed by atoms with Crippen LogP contribution in [0.2, 0.25) is 0 Å². The second kappa shape index (κ2) is 12.3. The van der Waals surface area contributed by atoms with Crippen molar-refractivity contribution in [2.45, 2.75) is 51.1 Å². The van der Waals surface area contributed by atoms with Gasteiger partial charge in [-0.2, -0.15) is 13.2 Å². The quantitative estimate of drug-likeness (QED) is 0.289. The molecule has 194 valence electrons. The van der Waals surface area contributed by atoms with E-state index in [2.05, 4.69) is 4.98 Å². The van der Waals surface area contributed by atoms with Crippen molar-refractivity contribution in [3.63, 3.8) is 0 Å². The highest BCUT2D eigenvalue weighted by atomic mass is 19.4. The minimum Gasteiger partial charge on any atom is -0.493 e. The summed E-state index contributed by atoms with van der Waals surface area (Å²) in [6.45, 7) is 2.40. The van der Waals surface area contributed by atoms with Crippen molar-refractivity contribution in [2.75, 3.05) is 26.4 Å². The van der Waals surface area contributed by atoms with Crippen LogP contribution in [0.15, 0.2) is 52.0 Å². The Morgan fingerprint density at radius 1 is 0.972 bits per heavy atom. The Morgan fingerprint density at radius 2 is 1.72 bits per heavy atom. The second-order valence-corrected chi connectivity index (χ2v) is 8.97. The van der Waals surface area contributed by atoms with Crippen LogP contribution in [-0.4, -0.2) is 31.4 Å². The third-order valence-electron chi connectivity index (χ3n) is 6.33. The summed E-state index contributed by atoms with van der Waals surface area (Å²) >= 11 is 0. The Balaban J connectivity index is 1.16. The van der Waals surface area contributed by atoms with Crippen LogP contribution in [-0.2, 0) is 17.3 Å². The average molecular weight is 506 g/mol. The zero-order valence-electron chi connectivity index (χ0n) is 20.0. The normalized spacial score (nSPS) is 14.8. The predicted molar refractivity (Wildman–Crippen MR) is 128 cm³/mol. The van der Waals surface area contributed by atoms with Crippen LogP contribution in [0.3, 0.4) is 0 Å². The van der Waals surface area contributed by atoms with Gasteiger partial charge < -0.3 is 18.6 Å². The smallest absolute Gasteiger partial charge is 0.416 e. The van der Waals surface area contributed by atoms with Crippen LogP contribution in [0.1, 0.15) is 49.8 Å². The van der Waals surface area contributed by atoms with E-state index in [9.17, 15) is 18.0 Å². The number of alkyl halides is 3. The van der Waals surface area contributed by atoms with Crippen molar-refractivity contribution in [1.82, 2.24) is 4.98 Å². The number of pyridine rings is 1. The maximum absolute atomic E-state index is 12.9. The monoisotopic (exact) mass is 505 g/mol. The van der Waals surface area contributed by atoms with Crippen molar-refractivity contribution in [3.05, 3.63) is 64.3 Å². The van der Waals surface area contributed by atoms with Gasteiger partial charge in [-0.3, -0.25) is 9.78 Å². The van der Waals surface area contributed by atoms with E-state index in [0.717, 1.165) is 70.3 Å². The molecule has 1 aliphatic heterocycles. The van der Waals surface area contributed by atoms with Crippen LogP contribution in [0.4, 0.5) is 13.2 Å². The Hall–Kier alpha value is -3.07. The van der Waals surface area contributed by atoms with Gasteiger partial charge >= 0.3 is 6.18 Å². The summed E-state index contributed by atoms with van der Waals surface area (Å²) < 4.78 is 61.1. The van der Waals surface area contributed by atoms with Gasteiger partial charge in [0.05, 0.1) is 24.3 Å². The van der Waals surface area contributed by atoms with Crippen molar-refractivity contribution in [1.29, 1.82) is 0 Å². The highest BCUT2D eigenvalue weighted by Gasteiger charge is 2.30. The first-order valence-electron chi connectivity index (χ1n) is 12.3. The highest BCUT2D eigenvalue weighted by molar-refractivity contribution is 5.85. The molecule has 1 aliphatic rings. The summed E-state index contributed by atoms with van der Waals surface area (Å²) in [7, 11) is 0. The Morgan fingerprint density at radius 3 is 2.44 bits per heavy atom. The van der Waals surface area contributed by atoms with Gasteiger partial charge in [0.1, 0.15) is 17.8 Å². The summed E-state index contributed by atoms with van der Waals surface area (Å²) in [5.74, 6) is 2.00. The highest BCUT2D eigenvalue weighted by Crippen LogP contribution is 2.33. The van der Waals surface area contributed by atoms with Crippen LogP contribution in [0.5, 0.6) is 11.5 Å². The summed E-state index contributed by atoms with van der Waals surface area (Å²) in [6, 6.07) is 6.60. The maximum Gasteiger partial charge on any atom is 0.416 e.